The minimum atomic E-state index is -5.75. The summed E-state index contributed by atoms with van der Waals surface area (Å²) in [6.07, 6.45) is 61.1. The summed E-state index contributed by atoms with van der Waals surface area (Å²) in [6, 6.07) is 0. The first-order valence-electron chi connectivity index (χ1n) is 28.8. The van der Waals surface area contributed by atoms with Crippen molar-refractivity contribution in [1.29, 1.82) is 0 Å². The van der Waals surface area contributed by atoms with Crippen LogP contribution in [0.15, 0.2) is 0 Å². The predicted octanol–water partition coefficient (Wildman–Crippen LogP) is 12.9. The van der Waals surface area contributed by atoms with Gasteiger partial charge in [0.05, 0.1) is 83.1 Å². The molecule has 0 aliphatic heterocycles. The fourth-order valence-electron chi connectivity index (χ4n) is 8.34. The van der Waals surface area contributed by atoms with Crippen LogP contribution in [-0.4, -0.2) is 96.5 Å². The molecular formula is C57H126BrCrN3O4. The second-order valence-electron chi connectivity index (χ2n) is 23.2. The Morgan fingerprint density at radius 2 is 0.333 bits per heavy atom. The van der Waals surface area contributed by atoms with E-state index in [0.29, 0.717) is 0 Å². The summed E-state index contributed by atoms with van der Waals surface area (Å²) in [5, 5.41) is 0. The van der Waals surface area contributed by atoms with E-state index in [1.54, 1.807) is 0 Å². The molecule has 0 aliphatic carbocycles. The van der Waals surface area contributed by atoms with Gasteiger partial charge in [-0.2, -0.15) is 0 Å². The van der Waals surface area contributed by atoms with Gasteiger partial charge >= 0.3 is 29.5 Å². The molecule has 0 bridgehead atoms. The van der Waals surface area contributed by atoms with E-state index in [9.17, 15) is 0 Å². The van der Waals surface area contributed by atoms with Gasteiger partial charge in [0, 0.05) is 0 Å². The summed E-state index contributed by atoms with van der Waals surface area (Å²) in [5.74, 6) is 0. The van der Waals surface area contributed by atoms with Crippen molar-refractivity contribution in [2.45, 2.75) is 290 Å². The monoisotopic (exact) mass is 1050 g/mol. The Balaban J connectivity index is -0.000000265. The molecule has 0 aliphatic rings. The summed E-state index contributed by atoms with van der Waals surface area (Å²) in [6.45, 7) is 10.9. The van der Waals surface area contributed by atoms with E-state index in [0.717, 1.165) is 13.4 Å². The zero-order valence-corrected chi connectivity index (χ0v) is 50.4. The quantitative estimate of drug-likeness (QED) is 0.0450. The fraction of sp³-hybridized carbons (Fsp3) is 1.00. The van der Waals surface area contributed by atoms with E-state index in [2.05, 4.69) is 84.2 Å². The third kappa shape index (κ3) is 98.0. The first kappa shape index (κ1) is 75.3. The maximum atomic E-state index is 8.59. The number of quaternary nitrogens is 3. The topological polar surface area (TPSA) is 80.3 Å². The van der Waals surface area contributed by atoms with Crippen molar-refractivity contribution in [3.8, 4) is 0 Å². The molecule has 7 nitrogen and oxygen atoms in total. The van der Waals surface area contributed by atoms with E-state index in [4.69, 9.17) is 15.9 Å². The van der Waals surface area contributed by atoms with E-state index < -0.39 is 13.6 Å². The Bertz CT molecular complexity index is 872. The second kappa shape index (κ2) is 56.3. The molecule has 0 saturated carbocycles. The summed E-state index contributed by atoms with van der Waals surface area (Å²) < 4.78 is 37.7. The Hall–Kier alpha value is 0.412. The van der Waals surface area contributed by atoms with Crippen molar-refractivity contribution in [3.63, 3.8) is 0 Å². The molecular weight excluding hydrogens is 923 g/mol. The van der Waals surface area contributed by atoms with Crippen molar-refractivity contribution >= 4 is 0 Å². The summed E-state index contributed by atoms with van der Waals surface area (Å²) in [5.41, 5.74) is 0. The zero-order chi connectivity index (χ0) is 49.8. The molecule has 0 radical (unpaired) electrons. The van der Waals surface area contributed by atoms with Gasteiger partial charge in [0.25, 0.3) is 0 Å². The van der Waals surface area contributed by atoms with Crippen LogP contribution in [0, 0.1) is 0 Å². The van der Waals surface area contributed by atoms with Crippen molar-refractivity contribution in [1.82, 2.24) is 0 Å². The van der Waals surface area contributed by atoms with Gasteiger partial charge < -0.3 is 30.4 Å². The molecule has 0 saturated heterocycles. The van der Waals surface area contributed by atoms with Crippen LogP contribution in [0.1, 0.15) is 290 Å². The molecule has 0 atom stereocenters. The van der Waals surface area contributed by atoms with Crippen LogP contribution in [0.4, 0.5) is 0 Å². The molecule has 0 unspecified atom stereocenters. The first-order chi connectivity index (χ1) is 30.7. The molecule has 0 aromatic heterocycles. The number of rotatable bonds is 45. The van der Waals surface area contributed by atoms with E-state index in [-0.39, 0.29) is 17.0 Å². The minimum absolute atomic E-state index is 0. The number of hydrogen-bond acceptors (Lipinski definition) is 4. The maximum absolute atomic E-state index is 8.59. The van der Waals surface area contributed by atoms with Gasteiger partial charge in [-0.05, 0) is 38.5 Å². The predicted molar refractivity (Wildman–Crippen MR) is 281 cm³/mol. The Kier molecular flexibility index (Phi) is 64.3. The van der Waals surface area contributed by atoms with Gasteiger partial charge in [-0.15, -0.1) is 0 Å². The van der Waals surface area contributed by atoms with Gasteiger partial charge in [0.1, 0.15) is 0 Å². The normalized spacial score (nSPS) is 11.8. The van der Waals surface area contributed by atoms with Crippen LogP contribution in [0.2, 0.25) is 0 Å². The van der Waals surface area contributed by atoms with Crippen LogP contribution < -0.4 is 25.3 Å². The standard InChI is InChI=1S/3C19H42N.BrH.Cr.4O/c3*1-5-6-7-8-9-10-11-12-13-14-15-16-17-18-19-20(2,3)4;;;;;;/h3*5-19H2,1-4H3;1H;;;;;/q3*+1;;;;;2*-1/p-1. The SMILES string of the molecule is CCCCCCCCCCCCCCCC[N+](C)(C)C.CCCCCCCCCCCCCCCC[N+](C)(C)C.CCCCCCCCCCCCCCCC[N+](C)(C)C.[Br-].[O]=[Cr](=[O])([O-])[O-]. The fourth-order valence-corrected chi connectivity index (χ4v) is 8.34. The van der Waals surface area contributed by atoms with Gasteiger partial charge in [0.15, 0.2) is 0 Å². The number of halogens is 1. The Morgan fingerprint density at radius 3 is 0.424 bits per heavy atom. The summed E-state index contributed by atoms with van der Waals surface area (Å²) >= 11 is -5.75. The number of unbranched alkanes of at least 4 members (excludes halogenated alkanes) is 39. The Morgan fingerprint density at radius 1 is 0.242 bits per heavy atom. The van der Waals surface area contributed by atoms with Crippen LogP contribution in [0.3, 0.4) is 0 Å². The average Bonchev–Trinajstić information content (AvgIpc) is 3.20. The van der Waals surface area contributed by atoms with E-state index in [1.165, 1.54) is 289 Å². The number of hydrogen-bond donors (Lipinski definition) is 0. The molecule has 66 heavy (non-hydrogen) atoms. The van der Waals surface area contributed by atoms with Crippen LogP contribution >= 0.6 is 0 Å². The van der Waals surface area contributed by atoms with Crippen LogP contribution in [-0.2, 0) is 21.2 Å². The second-order valence-corrected chi connectivity index (χ2v) is 24.5. The van der Waals surface area contributed by atoms with Gasteiger partial charge in [-0.1, -0.05) is 252 Å². The van der Waals surface area contributed by atoms with Crippen LogP contribution in [0.5, 0.6) is 0 Å². The van der Waals surface area contributed by atoms with Gasteiger partial charge in [-0.3, -0.25) is 0 Å². The third-order valence-electron chi connectivity index (χ3n) is 12.5. The molecule has 0 heterocycles. The summed E-state index contributed by atoms with van der Waals surface area (Å²) in [7, 11) is 20.6. The average molecular weight is 1050 g/mol. The molecule has 0 N–H and O–H groups in total. The zero-order valence-electron chi connectivity index (χ0n) is 47.6. The molecule has 406 valence electrons. The molecule has 0 spiro atoms. The molecule has 0 rings (SSSR count). The van der Waals surface area contributed by atoms with Crippen molar-refractivity contribution in [2.24, 2.45) is 0 Å². The van der Waals surface area contributed by atoms with Crippen molar-refractivity contribution < 1.29 is 60.0 Å². The van der Waals surface area contributed by atoms with Crippen molar-refractivity contribution in [3.05, 3.63) is 0 Å². The molecule has 0 fully saturated rings. The summed E-state index contributed by atoms with van der Waals surface area (Å²) in [4.78, 5) is 0. The molecule has 0 amide bonds. The molecule has 9 heteroatoms. The van der Waals surface area contributed by atoms with E-state index in [1.807, 2.05) is 0 Å². The molecule has 0 aromatic rings. The van der Waals surface area contributed by atoms with Crippen LogP contribution in [0.25, 0.3) is 0 Å². The Labute approximate surface area is 431 Å². The van der Waals surface area contributed by atoms with Crippen molar-refractivity contribution in [2.75, 3.05) is 83.1 Å². The van der Waals surface area contributed by atoms with Gasteiger partial charge in [0.2, 0.25) is 0 Å². The van der Waals surface area contributed by atoms with Gasteiger partial charge in [-0.25, -0.2) is 0 Å². The first-order valence-corrected chi connectivity index (χ1v) is 30.8. The third-order valence-corrected chi connectivity index (χ3v) is 12.5. The van der Waals surface area contributed by atoms with E-state index >= 15 is 0 Å². The molecule has 0 aromatic carbocycles. The number of nitrogens with zero attached hydrogens (tertiary/aromatic N) is 3.